The lowest BCUT2D eigenvalue weighted by Crippen LogP contribution is -2.21. The van der Waals surface area contributed by atoms with Crippen LogP contribution in [0.5, 0.6) is 11.6 Å². The highest BCUT2D eigenvalue weighted by atomic mass is 32.1. The van der Waals surface area contributed by atoms with Crippen LogP contribution < -0.4 is 9.47 Å². The van der Waals surface area contributed by atoms with E-state index in [0.717, 1.165) is 26.4 Å². The highest BCUT2D eigenvalue weighted by Gasteiger charge is 2.36. The van der Waals surface area contributed by atoms with Crippen LogP contribution >= 0.6 is 11.3 Å². The first kappa shape index (κ1) is 18.2. The molecule has 3 heterocycles. The molecule has 1 aliphatic heterocycles. The predicted molar refractivity (Wildman–Crippen MR) is 109 cm³/mol. The molecule has 0 radical (unpaired) electrons. The quantitative estimate of drug-likeness (QED) is 0.544. The Morgan fingerprint density at radius 2 is 2.07 bits per heavy atom. The topological polar surface area (TPSA) is 77.4 Å². The number of halogens is 1. The molecule has 0 saturated heterocycles. The van der Waals surface area contributed by atoms with E-state index >= 15 is 0 Å². The van der Waals surface area contributed by atoms with Gasteiger partial charge in [0.05, 0.1) is 41.2 Å². The van der Waals surface area contributed by atoms with Crippen molar-refractivity contribution in [2.75, 3.05) is 13.7 Å². The second kappa shape index (κ2) is 6.60. The summed E-state index contributed by atoms with van der Waals surface area (Å²) in [6, 6.07) is 5.35. The van der Waals surface area contributed by atoms with Gasteiger partial charge in [-0.1, -0.05) is 6.92 Å². The molecule has 1 N–H and O–H groups in total. The molecule has 0 bridgehead atoms. The zero-order valence-electron chi connectivity index (χ0n) is 16.1. The molecule has 148 valence electrons. The third-order valence-corrected chi connectivity index (χ3v) is 6.43. The van der Waals surface area contributed by atoms with E-state index in [0.29, 0.717) is 22.4 Å². The van der Waals surface area contributed by atoms with Gasteiger partial charge in [0.1, 0.15) is 11.1 Å². The lowest BCUT2D eigenvalue weighted by atomic mass is 9.97. The fraction of sp³-hybridized carbons (Fsp3) is 0.286. The molecule has 1 unspecified atom stereocenters. The first-order valence-electron chi connectivity index (χ1n) is 9.22. The fourth-order valence-electron chi connectivity index (χ4n) is 3.83. The number of fused-ring (bicyclic) bond motifs is 4. The van der Waals surface area contributed by atoms with Crippen molar-refractivity contribution in [2.24, 2.45) is 0 Å². The minimum Gasteiger partial charge on any atom is -0.484 e. The number of methoxy groups -OCH3 is 1. The van der Waals surface area contributed by atoms with E-state index in [1.165, 1.54) is 17.4 Å². The van der Waals surface area contributed by atoms with E-state index in [4.69, 9.17) is 14.5 Å². The molecule has 8 heteroatoms. The molecular weight excluding hydrogens is 393 g/mol. The van der Waals surface area contributed by atoms with Crippen LogP contribution in [0.25, 0.3) is 31.8 Å². The van der Waals surface area contributed by atoms with Crippen LogP contribution in [0.15, 0.2) is 24.4 Å². The van der Waals surface area contributed by atoms with Crippen LogP contribution in [0, 0.1) is 12.7 Å². The Hall–Kier alpha value is -2.84. The Bertz CT molecular complexity index is 1270. The highest BCUT2D eigenvalue weighted by molar-refractivity contribution is 7.22. The maximum atomic E-state index is 14.6. The van der Waals surface area contributed by atoms with Gasteiger partial charge in [-0.3, -0.25) is 0 Å². The summed E-state index contributed by atoms with van der Waals surface area (Å²) in [6.07, 6.45) is 1.13. The first-order chi connectivity index (χ1) is 14.0. The second-order valence-corrected chi connectivity index (χ2v) is 8.19. The zero-order chi connectivity index (χ0) is 20.3. The Morgan fingerprint density at radius 3 is 2.83 bits per heavy atom. The number of aliphatic hydroxyl groups excluding tert-OH is 1. The highest BCUT2D eigenvalue weighted by Crippen LogP contribution is 2.47. The number of benzene rings is 2. The Kier molecular flexibility index (Phi) is 4.15. The average Bonchev–Trinajstić information content (AvgIpc) is 3.27. The SMILES string of the molecule is COc1cnc2c(-c3nc4cc(F)c5c(c4s3)[C@H](C)C(CO)O5)cc(C)cc2n1. The summed E-state index contributed by atoms with van der Waals surface area (Å²) in [7, 11) is 1.55. The molecule has 4 aromatic rings. The summed E-state index contributed by atoms with van der Waals surface area (Å²) >= 11 is 1.48. The normalized spacial score (nSPS) is 18.2. The summed E-state index contributed by atoms with van der Waals surface area (Å²) < 4.78 is 26.4. The van der Waals surface area contributed by atoms with E-state index in [-0.39, 0.29) is 18.3 Å². The fourth-order valence-corrected chi connectivity index (χ4v) is 5.03. The number of aliphatic hydroxyl groups is 1. The van der Waals surface area contributed by atoms with Gasteiger partial charge >= 0.3 is 0 Å². The summed E-state index contributed by atoms with van der Waals surface area (Å²) in [6.45, 7) is 3.75. The first-order valence-corrected chi connectivity index (χ1v) is 10.0. The number of thiazole rings is 1. The molecule has 0 saturated carbocycles. The van der Waals surface area contributed by atoms with Gasteiger partial charge in [-0.2, -0.15) is 0 Å². The molecule has 0 amide bonds. The van der Waals surface area contributed by atoms with Gasteiger partial charge in [-0.05, 0) is 24.6 Å². The number of ether oxygens (including phenoxy) is 2. The van der Waals surface area contributed by atoms with Crippen LogP contribution in [0.2, 0.25) is 0 Å². The molecule has 29 heavy (non-hydrogen) atoms. The van der Waals surface area contributed by atoms with Gasteiger partial charge in [0.25, 0.3) is 0 Å². The molecule has 2 aromatic carbocycles. The number of nitrogens with zero attached hydrogens (tertiary/aromatic N) is 3. The van der Waals surface area contributed by atoms with Gasteiger partial charge in [0.2, 0.25) is 5.88 Å². The minimum atomic E-state index is -0.453. The zero-order valence-corrected chi connectivity index (χ0v) is 16.9. The lowest BCUT2D eigenvalue weighted by molar-refractivity contribution is 0.117. The van der Waals surface area contributed by atoms with E-state index in [1.54, 1.807) is 13.3 Å². The van der Waals surface area contributed by atoms with Crippen LogP contribution in [0.1, 0.15) is 24.0 Å². The van der Waals surface area contributed by atoms with E-state index in [2.05, 4.69) is 9.97 Å². The van der Waals surface area contributed by atoms with Crippen molar-refractivity contribution >= 4 is 32.6 Å². The smallest absolute Gasteiger partial charge is 0.232 e. The molecule has 5 rings (SSSR count). The van der Waals surface area contributed by atoms with Crippen molar-refractivity contribution in [3.05, 3.63) is 41.3 Å². The van der Waals surface area contributed by atoms with Crippen molar-refractivity contribution in [3.63, 3.8) is 0 Å². The predicted octanol–water partition coefficient (Wildman–Crippen LogP) is 4.22. The Balaban J connectivity index is 1.75. The van der Waals surface area contributed by atoms with Crippen LogP contribution in [0.4, 0.5) is 4.39 Å². The van der Waals surface area contributed by atoms with Gasteiger partial charge in [0, 0.05) is 23.1 Å². The van der Waals surface area contributed by atoms with Crippen molar-refractivity contribution in [1.29, 1.82) is 0 Å². The lowest BCUT2D eigenvalue weighted by Gasteiger charge is -2.10. The molecule has 0 spiro atoms. The number of hydrogen-bond donors (Lipinski definition) is 1. The van der Waals surface area contributed by atoms with Gasteiger partial charge in [-0.25, -0.2) is 19.3 Å². The largest absolute Gasteiger partial charge is 0.484 e. The molecule has 0 fully saturated rings. The molecule has 0 aliphatic carbocycles. The number of rotatable bonds is 3. The van der Waals surface area contributed by atoms with Crippen molar-refractivity contribution in [3.8, 4) is 22.2 Å². The standard InChI is InChI=1S/C21H18FN3O3S/c1-9-4-11(18-13(5-9)24-16(27-3)7-23-18)21-25-14-6-12(22)19-17(20(14)29-21)10(2)15(8-26)28-19/h4-7,10,15,26H,8H2,1-3H3/t10-,15?/m1/s1. The summed E-state index contributed by atoms with van der Waals surface area (Å²) in [5, 5.41) is 10.3. The second-order valence-electron chi connectivity index (χ2n) is 7.19. The van der Waals surface area contributed by atoms with Crippen LogP contribution in [-0.4, -0.2) is 39.9 Å². The van der Waals surface area contributed by atoms with Crippen molar-refractivity contribution in [1.82, 2.24) is 15.0 Å². The molecule has 2 aromatic heterocycles. The Morgan fingerprint density at radius 1 is 1.24 bits per heavy atom. The van der Waals surface area contributed by atoms with E-state index < -0.39 is 11.9 Å². The minimum absolute atomic E-state index is 0.125. The van der Waals surface area contributed by atoms with Gasteiger partial charge in [0.15, 0.2) is 11.6 Å². The van der Waals surface area contributed by atoms with Gasteiger partial charge < -0.3 is 14.6 Å². The van der Waals surface area contributed by atoms with Crippen molar-refractivity contribution < 1.29 is 19.0 Å². The molecular formula is C21H18FN3O3S. The van der Waals surface area contributed by atoms with Crippen LogP contribution in [0.3, 0.4) is 0 Å². The maximum absolute atomic E-state index is 14.6. The maximum Gasteiger partial charge on any atom is 0.232 e. The molecule has 1 aliphatic rings. The average molecular weight is 411 g/mol. The third kappa shape index (κ3) is 2.74. The summed E-state index contributed by atoms with van der Waals surface area (Å²) in [5.41, 5.74) is 4.63. The number of aryl methyl sites for hydroxylation is 1. The Labute approximate surface area is 170 Å². The van der Waals surface area contributed by atoms with Crippen LogP contribution in [-0.2, 0) is 0 Å². The summed E-state index contributed by atoms with van der Waals surface area (Å²) in [5.74, 6) is 0.0859. The molecule has 2 atom stereocenters. The van der Waals surface area contributed by atoms with Gasteiger partial charge in [-0.15, -0.1) is 11.3 Å². The number of hydrogen-bond acceptors (Lipinski definition) is 7. The number of aromatic nitrogens is 3. The van der Waals surface area contributed by atoms with E-state index in [9.17, 15) is 9.50 Å². The van der Waals surface area contributed by atoms with E-state index in [1.807, 2.05) is 26.0 Å². The third-order valence-electron chi connectivity index (χ3n) is 5.29. The monoisotopic (exact) mass is 411 g/mol. The molecule has 6 nitrogen and oxygen atoms in total. The summed E-state index contributed by atoms with van der Waals surface area (Å²) in [4.78, 5) is 13.7. The van der Waals surface area contributed by atoms with Crippen molar-refractivity contribution in [2.45, 2.75) is 25.9 Å².